The highest BCUT2D eigenvalue weighted by atomic mass is 16.5. The number of amides is 1. The number of nitrogens with zero attached hydrogens (tertiary/aromatic N) is 3. The molecule has 2 aromatic heterocycles. The summed E-state index contributed by atoms with van der Waals surface area (Å²) in [5.74, 6) is 2.30. The van der Waals surface area contributed by atoms with Gasteiger partial charge < -0.3 is 24.1 Å². The van der Waals surface area contributed by atoms with Crippen molar-refractivity contribution < 1.29 is 18.7 Å². The lowest BCUT2D eigenvalue weighted by Gasteiger charge is -2.19. The van der Waals surface area contributed by atoms with Crippen LogP contribution in [0, 0.1) is 6.92 Å². The quantitative estimate of drug-likeness (QED) is 0.606. The zero-order valence-electron chi connectivity index (χ0n) is 17.7. The molecule has 0 unspecified atom stereocenters. The maximum Gasteiger partial charge on any atom is 0.258 e. The molecule has 0 radical (unpaired) electrons. The molecule has 30 heavy (non-hydrogen) atoms. The van der Waals surface area contributed by atoms with Crippen LogP contribution in [0.1, 0.15) is 35.9 Å². The fourth-order valence-electron chi connectivity index (χ4n) is 3.32. The van der Waals surface area contributed by atoms with Crippen LogP contribution in [0.25, 0.3) is 11.1 Å². The van der Waals surface area contributed by atoms with E-state index < -0.39 is 0 Å². The van der Waals surface area contributed by atoms with Gasteiger partial charge in [-0.05, 0) is 38.8 Å². The fraction of sp³-hybridized carbons (Fsp3) is 0.409. The molecule has 0 bridgehead atoms. The number of carbonyl (C=O) groups is 1. The molecule has 1 fully saturated rings. The Morgan fingerprint density at radius 3 is 2.70 bits per heavy atom. The lowest BCUT2D eigenvalue weighted by atomic mass is 10.1. The van der Waals surface area contributed by atoms with Gasteiger partial charge in [0.15, 0.2) is 11.5 Å². The lowest BCUT2D eigenvalue weighted by molar-refractivity contribution is 0.0773. The van der Waals surface area contributed by atoms with E-state index in [0.29, 0.717) is 52.9 Å². The Kier molecular flexibility index (Phi) is 5.24. The van der Waals surface area contributed by atoms with Gasteiger partial charge in [0, 0.05) is 12.6 Å². The SMILES string of the molecule is COc1ccccc1OCCN(C)C(=O)c1c(C)oc2ncnc(NC3(C)CC3)c12. The Hall–Kier alpha value is -3.29. The van der Waals surface area contributed by atoms with E-state index >= 15 is 0 Å². The number of aryl methyl sites for hydroxylation is 1. The summed E-state index contributed by atoms with van der Waals surface area (Å²) in [6.07, 6.45) is 3.59. The van der Waals surface area contributed by atoms with Gasteiger partial charge in [0.25, 0.3) is 5.91 Å². The maximum atomic E-state index is 13.2. The molecule has 1 N–H and O–H groups in total. The minimum Gasteiger partial charge on any atom is -0.493 e. The molecular weight excluding hydrogens is 384 g/mol. The number of aromatic nitrogens is 2. The molecule has 3 aromatic rings. The predicted octanol–water partition coefficient (Wildman–Crippen LogP) is 3.66. The Balaban J connectivity index is 1.51. The van der Waals surface area contributed by atoms with Gasteiger partial charge in [0.1, 0.15) is 24.5 Å². The van der Waals surface area contributed by atoms with Crippen LogP contribution in [0.5, 0.6) is 11.5 Å². The van der Waals surface area contributed by atoms with E-state index in [1.807, 2.05) is 24.3 Å². The fourth-order valence-corrected chi connectivity index (χ4v) is 3.32. The number of furan rings is 1. The van der Waals surface area contributed by atoms with Gasteiger partial charge >= 0.3 is 0 Å². The average Bonchev–Trinajstić information content (AvgIpc) is 3.35. The number of methoxy groups -OCH3 is 1. The number of likely N-dealkylation sites (N-methyl/N-ethyl adjacent to an activating group) is 1. The summed E-state index contributed by atoms with van der Waals surface area (Å²) in [6, 6.07) is 7.43. The van der Waals surface area contributed by atoms with Gasteiger partial charge in [0.05, 0.1) is 24.6 Å². The molecule has 0 spiro atoms. The molecule has 1 amide bonds. The summed E-state index contributed by atoms with van der Waals surface area (Å²) in [6.45, 7) is 4.64. The number of para-hydroxylation sites is 2. The molecule has 1 aromatic carbocycles. The highest BCUT2D eigenvalue weighted by Crippen LogP contribution is 2.40. The van der Waals surface area contributed by atoms with Gasteiger partial charge in [-0.2, -0.15) is 0 Å². The zero-order chi connectivity index (χ0) is 21.3. The molecule has 4 rings (SSSR count). The average molecular weight is 410 g/mol. The van der Waals surface area contributed by atoms with Crippen LogP contribution in [-0.2, 0) is 0 Å². The number of hydrogen-bond acceptors (Lipinski definition) is 7. The molecule has 0 aliphatic heterocycles. The Morgan fingerprint density at radius 1 is 1.27 bits per heavy atom. The first kappa shape index (κ1) is 20.0. The Bertz CT molecular complexity index is 1070. The Morgan fingerprint density at radius 2 is 2.00 bits per heavy atom. The lowest BCUT2D eigenvalue weighted by Crippen LogP contribution is -2.31. The Labute approximate surface area is 175 Å². The number of carbonyl (C=O) groups excluding carboxylic acids is 1. The molecule has 2 heterocycles. The number of nitrogens with one attached hydrogen (secondary N) is 1. The van der Waals surface area contributed by atoms with Crippen LogP contribution < -0.4 is 14.8 Å². The minimum atomic E-state index is -0.159. The molecule has 158 valence electrons. The smallest absolute Gasteiger partial charge is 0.258 e. The van der Waals surface area contributed by atoms with Crippen molar-refractivity contribution in [3.63, 3.8) is 0 Å². The summed E-state index contributed by atoms with van der Waals surface area (Å²) >= 11 is 0. The minimum absolute atomic E-state index is 0.0151. The van der Waals surface area contributed by atoms with E-state index in [0.717, 1.165) is 12.8 Å². The standard InChI is InChI=1S/C22H26N4O4/c1-14-17(18-19(25-22(2)9-10-22)23-13-24-20(18)30-14)21(27)26(3)11-12-29-16-8-6-5-7-15(16)28-4/h5-8,13H,9-12H2,1-4H3,(H,23,24,25). The first-order valence-electron chi connectivity index (χ1n) is 9.95. The van der Waals surface area contributed by atoms with Crippen molar-refractivity contribution in [2.75, 3.05) is 32.6 Å². The van der Waals surface area contributed by atoms with Gasteiger partial charge in [-0.15, -0.1) is 0 Å². The third kappa shape index (κ3) is 3.90. The third-order valence-electron chi connectivity index (χ3n) is 5.40. The molecule has 1 saturated carbocycles. The summed E-state index contributed by atoms with van der Waals surface area (Å²) in [5, 5.41) is 4.07. The first-order chi connectivity index (χ1) is 14.4. The molecule has 0 saturated heterocycles. The van der Waals surface area contributed by atoms with Crippen molar-refractivity contribution in [2.45, 2.75) is 32.2 Å². The molecule has 1 aliphatic carbocycles. The first-order valence-corrected chi connectivity index (χ1v) is 9.95. The van der Waals surface area contributed by atoms with Crippen LogP contribution in [0.2, 0.25) is 0 Å². The van der Waals surface area contributed by atoms with Crippen molar-refractivity contribution in [3.05, 3.63) is 41.9 Å². The van der Waals surface area contributed by atoms with Crippen molar-refractivity contribution in [3.8, 4) is 11.5 Å². The van der Waals surface area contributed by atoms with Crippen molar-refractivity contribution in [1.29, 1.82) is 0 Å². The third-order valence-corrected chi connectivity index (χ3v) is 5.40. The summed E-state index contributed by atoms with van der Waals surface area (Å²) in [5.41, 5.74) is 0.912. The van der Waals surface area contributed by atoms with Crippen LogP contribution in [-0.4, -0.2) is 53.6 Å². The van der Waals surface area contributed by atoms with Crippen molar-refractivity contribution in [2.24, 2.45) is 0 Å². The largest absolute Gasteiger partial charge is 0.493 e. The van der Waals surface area contributed by atoms with Crippen LogP contribution in [0.4, 0.5) is 5.82 Å². The van der Waals surface area contributed by atoms with E-state index in [4.69, 9.17) is 13.9 Å². The van der Waals surface area contributed by atoms with Gasteiger partial charge in [0.2, 0.25) is 5.71 Å². The summed E-state index contributed by atoms with van der Waals surface area (Å²) in [4.78, 5) is 23.4. The monoisotopic (exact) mass is 410 g/mol. The van der Waals surface area contributed by atoms with Crippen molar-refractivity contribution >= 4 is 22.8 Å². The number of hydrogen-bond donors (Lipinski definition) is 1. The topological polar surface area (TPSA) is 89.7 Å². The van der Waals surface area contributed by atoms with Gasteiger partial charge in [-0.1, -0.05) is 12.1 Å². The van der Waals surface area contributed by atoms with E-state index in [2.05, 4.69) is 22.2 Å². The second-order valence-corrected chi connectivity index (χ2v) is 7.85. The second kappa shape index (κ2) is 7.85. The molecular formula is C22H26N4O4. The molecule has 0 atom stereocenters. The normalized spacial score (nSPS) is 14.4. The number of benzene rings is 1. The predicted molar refractivity (Wildman–Crippen MR) is 113 cm³/mol. The molecule has 8 heteroatoms. The maximum absolute atomic E-state index is 13.2. The van der Waals surface area contributed by atoms with E-state index in [1.165, 1.54) is 6.33 Å². The van der Waals surface area contributed by atoms with E-state index in [1.54, 1.807) is 26.0 Å². The number of ether oxygens (including phenoxy) is 2. The van der Waals surface area contributed by atoms with E-state index in [-0.39, 0.29) is 11.4 Å². The van der Waals surface area contributed by atoms with E-state index in [9.17, 15) is 4.79 Å². The highest BCUT2D eigenvalue weighted by Gasteiger charge is 2.38. The van der Waals surface area contributed by atoms with Gasteiger partial charge in [-0.25, -0.2) is 9.97 Å². The highest BCUT2D eigenvalue weighted by molar-refractivity contribution is 6.10. The summed E-state index contributed by atoms with van der Waals surface area (Å²) in [7, 11) is 3.34. The summed E-state index contributed by atoms with van der Waals surface area (Å²) < 4.78 is 16.9. The van der Waals surface area contributed by atoms with Crippen LogP contribution in [0.15, 0.2) is 35.0 Å². The van der Waals surface area contributed by atoms with Crippen LogP contribution in [0.3, 0.4) is 0 Å². The zero-order valence-corrected chi connectivity index (χ0v) is 17.7. The second-order valence-electron chi connectivity index (χ2n) is 7.85. The van der Waals surface area contributed by atoms with Crippen molar-refractivity contribution in [1.82, 2.24) is 14.9 Å². The van der Waals surface area contributed by atoms with Crippen LogP contribution >= 0.6 is 0 Å². The van der Waals surface area contributed by atoms with Gasteiger partial charge in [-0.3, -0.25) is 4.79 Å². The number of anilines is 1. The molecule has 8 nitrogen and oxygen atoms in total. The number of rotatable bonds is 8. The number of fused-ring (bicyclic) bond motifs is 1. The molecule has 1 aliphatic rings.